The molecular weight excluding hydrogens is 264 g/mol. The molecule has 1 aliphatic rings. The van der Waals surface area contributed by atoms with Crippen molar-refractivity contribution in [2.75, 3.05) is 5.32 Å². The topological polar surface area (TPSA) is 92.4 Å². The third-order valence-corrected chi connectivity index (χ3v) is 4.70. The molecule has 0 aromatic heterocycles. The summed E-state index contributed by atoms with van der Waals surface area (Å²) >= 11 is 0. The zero-order valence-electron chi connectivity index (χ0n) is 11.0. The van der Waals surface area contributed by atoms with Crippen LogP contribution < -0.4 is 10.5 Å². The summed E-state index contributed by atoms with van der Waals surface area (Å²) in [6.45, 7) is 1.75. The van der Waals surface area contributed by atoms with Gasteiger partial charge in [0.25, 0.3) is 0 Å². The van der Waals surface area contributed by atoms with Crippen LogP contribution in [-0.4, -0.2) is 25.7 Å². The zero-order chi connectivity index (χ0) is 14.0. The van der Waals surface area contributed by atoms with Gasteiger partial charge < -0.3 is 10.4 Å². The van der Waals surface area contributed by atoms with Crippen LogP contribution in [0, 0.1) is 6.92 Å². The van der Waals surface area contributed by atoms with Gasteiger partial charge in [0, 0.05) is 11.7 Å². The Morgan fingerprint density at radius 1 is 1.26 bits per heavy atom. The summed E-state index contributed by atoms with van der Waals surface area (Å²) < 4.78 is 22.9. The van der Waals surface area contributed by atoms with Crippen molar-refractivity contribution in [1.82, 2.24) is 0 Å². The van der Waals surface area contributed by atoms with E-state index in [9.17, 15) is 13.5 Å². The molecule has 0 spiro atoms. The maximum atomic E-state index is 11.5. The van der Waals surface area contributed by atoms with E-state index in [0.29, 0.717) is 5.56 Å². The minimum atomic E-state index is -3.69. The van der Waals surface area contributed by atoms with Crippen LogP contribution in [-0.2, 0) is 10.0 Å². The molecule has 1 fully saturated rings. The average Bonchev–Trinajstić information content (AvgIpc) is 2.33. The zero-order valence-corrected chi connectivity index (χ0v) is 11.8. The molecule has 0 atom stereocenters. The van der Waals surface area contributed by atoms with Crippen LogP contribution >= 0.6 is 0 Å². The van der Waals surface area contributed by atoms with Crippen molar-refractivity contribution < 1.29 is 13.5 Å². The van der Waals surface area contributed by atoms with E-state index in [1.807, 2.05) is 6.07 Å². The lowest BCUT2D eigenvalue weighted by Crippen LogP contribution is -2.28. The first-order valence-electron chi connectivity index (χ1n) is 6.45. The van der Waals surface area contributed by atoms with Crippen molar-refractivity contribution in [3.63, 3.8) is 0 Å². The predicted octanol–water partition coefficient (Wildman–Crippen LogP) is 1.36. The summed E-state index contributed by atoms with van der Waals surface area (Å²) in [4.78, 5) is 0.161. The Balaban J connectivity index is 2.17. The van der Waals surface area contributed by atoms with Gasteiger partial charge in [0.2, 0.25) is 10.0 Å². The third kappa shape index (κ3) is 3.46. The van der Waals surface area contributed by atoms with Crippen molar-refractivity contribution >= 4 is 15.7 Å². The third-order valence-electron chi connectivity index (χ3n) is 3.65. The van der Waals surface area contributed by atoms with E-state index in [1.165, 1.54) is 6.07 Å². The van der Waals surface area contributed by atoms with E-state index < -0.39 is 10.0 Å². The Labute approximate surface area is 113 Å². The molecule has 0 amide bonds. The molecule has 4 N–H and O–H groups in total. The van der Waals surface area contributed by atoms with Crippen LogP contribution in [0.25, 0.3) is 0 Å². The highest BCUT2D eigenvalue weighted by atomic mass is 32.2. The maximum absolute atomic E-state index is 11.5. The van der Waals surface area contributed by atoms with Gasteiger partial charge in [-0.3, -0.25) is 0 Å². The number of anilines is 1. The van der Waals surface area contributed by atoms with E-state index in [0.717, 1.165) is 31.4 Å². The fraction of sp³-hybridized carbons (Fsp3) is 0.538. The van der Waals surface area contributed by atoms with Crippen LogP contribution in [0.1, 0.15) is 31.2 Å². The summed E-state index contributed by atoms with van der Waals surface area (Å²) in [5.74, 6) is 0. The highest BCUT2D eigenvalue weighted by molar-refractivity contribution is 7.89. The smallest absolute Gasteiger partial charge is 0.238 e. The lowest BCUT2D eigenvalue weighted by atomic mass is 9.93. The molecular formula is C13H20N2O3S. The van der Waals surface area contributed by atoms with E-state index >= 15 is 0 Å². The second-order valence-corrected chi connectivity index (χ2v) is 6.65. The van der Waals surface area contributed by atoms with Gasteiger partial charge in [0.05, 0.1) is 11.0 Å². The van der Waals surface area contributed by atoms with Crippen LogP contribution in [0.5, 0.6) is 0 Å². The van der Waals surface area contributed by atoms with Crippen molar-refractivity contribution in [3.05, 3.63) is 23.8 Å². The maximum Gasteiger partial charge on any atom is 0.238 e. The molecule has 1 aliphatic carbocycles. The van der Waals surface area contributed by atoms with Gasteiger partial charge in [-0.15, -0.1) is 0 Å². The van der Waals surface area contributed by atoms with Gasteiger partial charge in [0.1, 0.15) is 0 Å². The number of hydrogen-bond donors (Lipinski definition) is 3. The number of nitrogens with two attached hydrogens (primary N) is 1. The van der Waals surface area contributed by atoms with Crippen LogP contribution in [0.4, 0.5) is 5.69 Å². The normalized spacial score (nSPS) is 24.2. The lowest BCUT2D eigenvalue weighted by Gasteiger charge is -2.27. The highest BCUT2D eigenvalue weighted by Crippen LogP contribution is 2.26. The fourth-order valence-electron chi connectivity index (χ4n) is 2.52. The van der Waals surface area contributed by atoms with Gasteiger partial charge in [-0.2, -0.15) is 0 Å². The van der Waals surface area contributed by atoms with E-state index in [-0.39, 0.29) is 17.0 Å². The number of aliphatic hydroxyl groups is 1. The number of primary sulfonamides is 1. The van der Waals surface area contributed by atoms with Gasteiger partial charge in [0.15, 0.2) is 0 Å². The molecule has 2 rings (SSSR count). The monoisotopic (exact) mass is 284 g/mol. The van der Waals surface area contributed by atoms with Crippen molar-refractivity contribution in [2.24, 2.45) is 5.14 Å². The van der Waals surface area contributed by atoms with Gasteiger partial charge in [-0.05, 0) is 50.3 Å². The molecule has 1 saturated carbocycles. The average molecular weight is 284 g/mol. The minimum Gasteiger partial charge on any atom is -0.393 e. The fourth-order valence-corrected chi connectivity index (χ4v) is 3.32. The molecule has 6 heteroatoms. The molecule has 5 nitrogen and oxygen atoms in total. The van der Waals surface area contributed by atoms with Crippen LogP contribution in [0.15, 0.2) is 23.1 Å². The quantitative estimate of drug-likeness (QED) is 0.781. The molecule has 0 unspecified atom stereocenters. The number of aliphatic hydroxyl groups excluding tert-OH is 1. The largest absolute Gasteiger partial charge is 0.393 e. The lowest BCUT2D eigenvalue weighted by molar-refractivity contribution is 0.126. The second kappa shape index (κ2) is 5.48. The Morgan fingerprint density at radius 3 is 2.47 bits per heavy atom. The highest BCUT2D eigenvalue weighted by Gasteiger charge is 2.20. The number of benzene rings is 1. The van der Waals surface area contributed by atoms with Crippen molar-refractivity contribution in [1.29, 1.82) is 0 Å². The molecule has 0 saturated heterocycles. The van der Waals surface area contributed by atoms with E-state index in [2.05, 4.69) is 5.32 Å². The molecule has 0 bridgehead atoms. The molecule has 1 aromatic rings. The van der Waals surface area contributed by atoms with Gasteiger partial charge in [-0.25, -0.2) is 13.6 Å². The predicted molar refractivity (Wildman–Crippen MR) is 74.4 cm³/mol. The Morgan fingerprint density at radius 2 is 1.89 bits per heavy atom. The second-order valence-electron chi connectivity index (χ2n) is 5.12. The van der Waals surface area contributed by atoms with Crippen molar-refractivity contribution in [3.8, 4) is 0 Å². The first kappa shape index (κ1) is 14.3. The number of nitrogens with one attached hydrogen (secondary N) is 1. The Bertz CT molecular complexity index is 549. The molecule has 19 heavy (non-hydrogen) atoms. The standard InChI is InChI=1S/C13H20N2O3S/c1-9-12(3-2-4-13(9)19(14,17)18)15-10-5-7-11(16)8-6-10/h2-4,10-11,15-16H,5-8H2,1H3,(H2,14,17,18). The van der Waals surface area contributed by atoms with Gasteiger partial charge >= 0.3 is 0 Å². The first-order valence-corrected chi connectivity index (χ1v) is 7.99. The molecule has 1 aromatic carbocycles. The van der Waals surface area contributed by atoms with E-state index in [1.54, 1.807) is 13.0 Å². The number of sulfonamides is 1. The van der Waals surface area contributed by atoms with Crippen LogP contribution in [0.3, 0.4) is 0 Å². The molecule has 0 aliphatic heterocycles. The van der Waals surface area contributed by atoms with Crippen LogP contribution in [0.2, 0.25) is 0 Å². The number of rotatable bonds is 3. The van der Waals surface area contributed by atoms with Crippen molar-refractivity contribution in [2.45, 2.75) is 49.6 Å². The minimum absolute atomic E-state index is 0.161. The summed E-state index contributed by atoms with van der Waals surface area (Å²) in [6.07, 6.45) is 3.15. The SMILES string of the molecule is Cc1c(NC2CCC(O)CC2)cccc1S(N)(=O)=O. The number of hydrogen-bond acceptors (Lipinski definition) is 4. The summed E-state index contributed by atoms with van der Waals surface area (Å²) in [5.41, 5.74) is 1.45. The van der Waals surface area contributed by atoms with Gasteiger partial charge in [-0.1, -0.05) is 6.07 Å². The Hall–Kier alpha value is -1.11. The summed E-state index contributed by atoms with van der Waals surface area (Å²) in [7, 11) is -3.69. The molecule has 106 valence electrons. The Kier molecular flexibility index (Phi) is 4.13. The summed E-state index contributed by atoms with van der Waals surface area (Å²) in [5, 5.41) is 18.0. The molecule has 0 heterocycles. The van der Waals surface area contributed by atoms with E-state index in [4.69, 9.17) is 5.14 Å². The summed E-state index contributed by atoms with van der Waals surface area (Å²) in [6, 6.07) is 5.33. The molecule has 0 radical (unpaired) electrons. The first-order chi connectivity index (χ1) is 8.88.